The summed E-state index contributed by atoms with van der Waals surface area (Å²) >= 11 is 12.4. The number of nitrogens with zero attached hydrogens (tertiary/aromatic N) is 1. The van der Waals surface area contributed by atoms with Crippen LogP contribution in [0.15, 0.2) is 18.2 Å². The fourth-order valence-electron chi connectivity index (χ4n) is 2.46. The zero-order valence-corrected chi connectivity index (χ0v) is 11.4. The second-order valence-electron chi connectivity index (χ2n) is 4.49. The van der Waals surface area contributed by atoms with Gasteiger partial charge in [0.15, 0.2) is 0 Å². The molecule has 0 spiro atoms. The van der Waals surface area contributed by atoms with Gasteiger partial charge in [-0.3, -0.25) is 9.69 Å². The summed E-state index contributed by atoms with van der Waals surface area (Å²) in [5, 5.41) is 10.2. The van der Waals surface area contributed by atoms with Gasteiger partial charge in [-0.25, -0.2) is 0 Å². The molecule has 0 saturated carbocycles. The molecule has 0 aliphatic carbocycles. The lowest BCUT2D eigenvalue weighted by molar-refractivity contribution is -0.138. The van der Waals surface area contributed by atoms with Crippen LogP contribution >= 0.6 is 23.2 Å². The summed E-state index contributed by atoms with van der Waals surface area (Å²) in [6.45, 7) is 1.80. The van der Waals surface area contributed by atoms with E-state index in [1.807, 2.05) is 0 Å². The Bertz CT molecular complexity index is 424. The van der Waals surface area contributed by atoms with E-state index in [9.17, 15) is 4.79 Å². The summed E-state index contributed by atoms with van der Waals surface area (Å²) in [5.74, 6) is -0.831. The van der Waals surface area contributed by atoms with E-state index in [4.69, 9.17) is 28.3 Å². The van der Waals surface area contributed by atoms with Crippen LogP contribution in [0.4, 0.5) is 0 Å². The minimum atomic E-state index is -0.831. The Balaban J connectivity index is 2.35. The molecule has 1 atom stereocenters. The van der Waals surface area contributed by atoms with Crippen molar-refractivity contribution >= 4 is 29.2 Å². The lowest BCUT2D eigenvalue weighted by atomic mass is 10.0. The van der Waals surface area contributed by atoms with E-state index in [-0.39, 0.29) is 12.5 Å². The maximum Gasteiger partial charge on any atom is 0.305 e. The van der Waals surface area contributed by atoms with E-state index >= 15 is 0 Å². The van der Waals surface area contributed by atoms with Gasteiger partial charge in [0.2, 0.25) is 0 Å². The molecule has 1 fully saturated rings. The fourth-order valence-corrected chi connectivity index (χ4v) is 3.11. The molecule has 1 unspecified atom stereocenters. The molecule has 98 valence electrons. The van der Waals surface area contributed by atoms with E-state index in [1.165, 1.54) is 0 Å². The molecular weight excluding hydrogens is 273 g/mol. The van der Waals surface area contributed by atoms with Crippen LogP contribution < -0.4 is 0 Å². The Labute approximate surface area is 116 Å². The number of likely N-dealkylation sites (tertiary alicyclic amines) is 1. The highest BCUT2D eigenvalue weighted by molar-refractivity contribution is 6.36. The summed E-state index contributed by atoms with van der Waals surface area (Å²) in [5.41, 5.74) is 0.741. The molecule has 0 amide bonds. The van der Waals surface area contributed by atoms with Crippen molar-refractivity contribution in [1.82, 2.24) is 4.90 Å². The second kappa shape index (κ2) is 5.91. The molecule has 18 heavy (non-hydrogen) atoms. The molecule has 0 radical (unpaired) electrons. The van der Waals surface area contributed by atoms with Gasteiger partial charge < -0.3 is 5.11 Å². The summed E-state index contributed by atoms with van der Waals surface area (Å²) in [6.07, 6.45) is 2.22. The quantitative estimate of drug-likeness (QED) is 0.920. The predicted molar refractivity (Wildman–Crippen MR) is 72.3 cm³/mol. The minimum absolute atomic E-state index is 0.0312. The number of carbonyl (C=O) groups is 1. The van der Waals surface area contributed by atoms with Gasteiger partial charge in [-0.05, 0) is 38.1 Å². The third-order valence-electron chi connectivity index (χ3n) is 3.28. The van der Waals surface area contributed by atoms with E-state index in [0.717, 1.165) is 31.5 Å². The first-order valence-electron chi connectivity index (χ1n) is 5.99. The number of carboxylic acid groups (broad SMARTS) is 1. The molecule has 3 nitrogen and oxygen atoms in total. The smallest absolute Gasteiger partial charge is 0.305 e. The largest absolute Gasteiger partial charge is 0.481 e. The van der Waals surface area contributed by atoms with Crippen molar-refractivity contribution in [3.05, 3.63) is 33.8 Å². The number of hydrogen-bond acceptors (Lipinski definition) is 2. The van der Waals surface area contributed by atoms with Crippen LogP contribution in [0, 0.1) is 0 Å². The minimum Gasteiger partial charge on any atom is -0.481 e. The normalized spacial score (nSPS) is 17.9. The van der Waals surface area contributed by atoms with E-state index in [0.29, 0.717) is 10.0 Å². The number of rotatable bonds is 4. The standard InChI is InChI=1S/C13H15Cl2NO2/c14-9-4-3-5-10(15)13(9)11(8-12(17)18)16-6-1-2-7-16/h3-5,11H,1-2,6-8H2,(H,17,18). The molecule has 2 rings (SSSR count). The highest BCUT2D eigenvalue weighted by Gasteiger charge is 2.28. The van der Waals surface area contributed by atoms with Crippen LogP contribution in [-0.2, 0) is 4.79 Å². The number of halogens is 2. The van der Waals surface area contributed by atoms with Crippen molar-refractivity contribution in [1.29, 1.82) is 0 Å². The van der Waals surface area contributed by atoms with Crippen LogP contribution in [-0.4, -0.2) is 29.1 Å². The number of aliphatic carboxylic acids is 1. The number of hydrogen-bond donors (Lipinski definition) is 1. The van der Waals surface area contributed by atoms with Crippen molar-refractivity contribution in [3.8, 4) is 0 Å². The number of benzene rings is 1. The summed E-state index contributed by atoms with van der Waals surface area (Å²) in [4.78, 5) is 13.2. The molecule has 1 aromatic carbocycles. The van der Waals surface area contributed by atoms with Crippen molar-refractivity contribution in [2.45, 2.75) is 25.3 Å². The molecule has 5 heteroatoms. The Morgan fingerprint density at radius 1 is 1.28 bits per heavy atom. The van der Waals surface area contributed by atoms with Crippen molar-refractivity contribution in [2.24, 2.45) is 0 Å². The van der Waals surface area contributed by atoms with Crippen LogP contribution in [0.1, 0.15) is 30.9 Å². The average Bonchev–Trinajstić information content (AvgIpc) is 2.80. The topological polar surface area (TPSA) is 40.5 Å². The van der Waals surface area contributed by atoms with Crippen LogP contribution in [0.5, 0.6) is 0 Å². The third-order valence-corrected chi connectivity index (χ3v) is 3.94. The first-order chi connectivity index (χ1) is 8.59. The molecule has 1 aliphatic heterocycles. The monoisotopic (exact) mass is 287 g/mol. The van der Waals surface area contributed by atoms with Gasteiger partial charge in [0.25, 0.3) is 0 Å². The van der Waals surface area contributed by atoms with E-state index < -0.39 is 5.97 Å². The zero-order valence-electron chi connectivity index (χ0n) is 9.90. The van der Waals surface area contributed by atoms with Crippen molar-refractivity contribution in [3.63, 3.8) is 0 Å². The third kappa shape index (κ3) is 2.97. The Morgan fingerprint density at radius 3 is 2.33 bits per heavy atom. The molecule has 1 aromatic rings. The Kier molecular flexibility index (Phi) is 4.49. The van der Waals surface area contributed by atoms with E-state index in [1.54, 1.807) is 18.2 Å². The molecule has 0 aromatic heterocycles. The van der Waals surface area contributed by atoms with Gasteiger partial charge >= 0.3 is 5.97 Å². The maximum absolute atomic E-state index is 11.0. The summed E-state index contributed by atoms with van der Waals surface area (Å²) in [7, 11) is 0. The lowest BCUT2D eigenvalue weighted by Crippen LogP contribution is -2.28. The van der Waals surface area contributed by atoms with Crippen molar-refractivity contribution in [2.75, 3.05) is 13.1 Å². The highest BCUT2D eigenvalue weighted by atomic mass is 35.5. The highest BCUT2D eigenvalue weighted by Crippen LogP contribution is 2.37. The molecule has 0 bridgehead atoms. The van der Waals surface area contributed by atoms with Gasteiger partial charge in [0.05, 0.1) is 6.42 Å². The molecule has 1 aliphatic rings. The van der Waals surface area contributed by atoms with Crippen LogP contribution in [0.3, 0.4) is 0 Å². The predicted octanol–water partition coefficient (Wildman–Crippen LogP) is 3.61. The summed E-state index contributed by atoms with van der Waals surface area (Å²) < 4.78 is 0. The van der Waals surface area contributed by atoms with Gasteiger partial charge in [0, 0.05) is 21.7 Å². The van der Waals surface area contributed by atoms with Gasteiger partial charge in [-0.2, -0.15) is 0 Å². The molecular formula is C13H15Cl2NO2. The SMILES string of the molecule is O=C(O)CC(c1c(Cl)cccc1Cl)N1CCCC1. The first-order valence-corrected chi connectivity index (χ1v) is 6.75. The maximum atomic E-state index is 11.0. The Morgan fingerprint density at radius 2 is 1.83 bits per heavy atom. The average molecular weight is 288 g/mol. The molecule has 1 saturated heterocycles. The second-order valence-corrected chi connectivity index (χ2v) is 5.31. The van der Waals surface area contributed by atoms with Crippen LogP contribution in [0.25, 0.3) is 0 Å². The Hall–Kier alpha value is -0.770. The van der Waals surface area contributed by atoms with E-state index in [2.05, 4.69) is 4.90 Å². The summed E-state index contributed by atoms with van der Waals surface area (Å²) in [6, 6.07) is 5.06. The van der Waals surface area contributed by atoms with Crippen molar-refractivity contribution < 1.29 is 9.90 Å². The van der Waals surface area contributed by atoms with Crippen LogP contribution in [0.2, 0.25) is 10.0 Å². The lowest BCUT2D eigenvalue weighted by Gasteiger charge is -2.28. The molecule has 1 N–H and O–H groups in total. The van der Waals surface area contributed by atoms with Gasteiger partial charge in [0.1, 0.15) is 0 Å². The first kappa shape index (κ1) is 13.7. The number of carboxylic acids is 1. The van der Waals surface area contributed by atoms with Gasteiger partial charge in [-0.15, -0.1) is 0 Å². The van der Waals surface area contributed by atoms with Gasteiger partial charge in [-0.1, -0.05) is 29.3 Å². The fraction of sp³-hybridized carbons (Fsp3) is 0.462. The zero-order chi connectivity index (χ0) is 13.1. The molecule has 1 heterocycles.